The number of hydrogen-bond donors (Lipinski definition) is 1. The van der Waals surface area contributed by atoms with Gasteiger partial charge in [0.25, 0.3) is 5.91 Å². The molecule has 1 unspecified atom stereocenters. The summed E-state index contributed by atoms with van der Waals surface area (Å²) in [5.41, 5.74) is 0.873. The third kappa shape index (κ3) is 5.40. The fourth-order valence-electron chi connectivity index (χ4n) is 4.04. The molecule has 8 nitrogen and oxygen atoms in total. The third-order valence-corrected chi connectivity index (χ3v) is 7.81. The number of ether oxygens (including phenoxy) is 1. The van der Waals surface area contributed by atoms with Gasteiger partial charge in [0.1, 0.15) is 5.82 Å². The highest BCUT2D eigenvalue weighted by molar-refractivity contribution is 7.89. The largest absolute Gasteiger partial charge is 0.379 e. The van der Waals surface area contributed by atoms with Crippen molar-refractivity contribution in [3.63, 3.8) is 0 Å². The first-order chi connectivity index (χ1) is 15.8. The lowest BCUT2D eigenvalue weighted by atomic mass is 9.96. The Kier molecular flexibility index (Phi) is 7.06. The first-order valence-corrected chi connectivity index (χ1v) is 12.3. The van der Waals surface area contributed by atoms with Crippen LogP contribution in [0.4, 0.5) is 10.1 Å². The molecule has 2 fully saturated rings. The van der Waals surface area contributed by atoms with Crippen molar-refractivity contribution in [3.8, 4) is 0 Å². The first kappa shape index (κ1) is 23.3. The zero-order valence-electron chi connectivity index (χ0n) is 18.1. The number of piperidine rings is 1. The fourth-order valence-corrected chi connectivity index (χ4v) is 5.45. The van der Waals surface area contributed by atoms with E-state index in [1.807, 2.05) is 0 Å². The van der Waals surface area contributed by atoms with Gasteiger partial charge in [-0.2, -0.15) is 4.31 Å². The molecule has 0 aliphatic carbocycles. The minimum absolute atomic E-state index is 0.163. The van der Waals surface area contributed by atoms with Gasteiger partial charge in [0, 0.05) is 37.4 Å². The molecule has 0 radical (unpaired) electrons. The van der Waals surface area contributed by atoms with E-state index >= 15 is 0 Å². The molecule has 33 heavy (non-hydrogen) atoms. The number of nitrogens with one attached hydrogen (secondary N) is 1. The summed E-state index contributed by atoms with van der Waals surface area (Å²) in [6.07, 6.45) is 1.32. The topological polar surface area (TPSA) is 96.0 Å². The van der Waals surface area contributed by atoms with Gasteiger partial charge in [-0.25, -0.2) is 12.8 Å². The van der Waals surface area contributed by atoms with Gasteiger partial charge in [-0.1, -0.05) is 0 Å². The molecule has 176 valence electrons. The number of likely N-dealkylation sites (tertiary alicyclic amines) is 1. The molecule has 2 saturated heterocycles. The van der Waals surface area contributed by atoms with Gasteiger partial charge in [0.2, 0.25) is 15.9 Å². The summed E-state index contributed by atoms with van der Waals surface area (Å²) in [4.78, 5) is 27.3. The zero-order valence-corrected chi connectivity index (χ0v) is 18.9. The van der Waals surface area contributed by atoms with E-state index in [9.17, 15) is 22.4 Å². The van der Waals surface area contributed by atoms with Crippen LogP contribution in [0.25, 0.3) is 0 Å². The number of hydrogen-bond acceptors (Lipinski definition) is 5. The second-order valence-electron chi connectivity index (χ2n) is 8.13. The van der Waals surface area contributed by atoms with Gasteiger partial charge in [0.05, 0.1) is 24.0 Å². The van der Waals surface area contributed by atoms with E-state index in [-0.39, 0.29) is 29.2 Å². The second kappa shape index (κ2) is 9.98. The molecule has 2 aromatic carbocycles. The summed E-state index contributed by atoms with van der Waals surface area (Å²) < 4.78 is 45.2. The maximum absolute atomic E-state index is 13.1. The van der Waals surface area contributed by atoms with Gasteiger partial charge in [-0.05, 0) is 61.4 Å². The Labute approximate surface area is 192 Å². The monoisotopic (exact) mass is 475 g/mol. The molecular formula is C23H26FN3O5S. The van der Waals surface area contributed by atoms with E-state index in [4.69, 9.17) is 4.74 Å². The number of carbonyl (C=O) groups is 2. The molecule has 1 atom stereocenters. The van der Waals surface area contributed by atoms with Crippen molar-refractivity contribution in [2.45, 2.75) is 17.7 Å². The Morgan fingerprint density at radius 3 is 2.30 bits per heavy atom. The molecule has 2 heterocycles. The Morgan fingerprint density at radius 2 is 1.64 bits per heavy atom. The number of morpholine rings is 1. The Bertz CT molecular complexity index is 1100. The van der Waals surface area contributed by atoms with E-state index in [2.05, 4.69) is 5.32 Å². The Morgan fingerprint density at radius 1 is 0.970 bits per heavy atom. The van der Waals surface area contributed by atoms with Gasteiger partial charge in [-0.3, -0.25) is 9.59 Å². The molecule has 0 spiro atoms. The standard InChI is InChI=1S/C23H26FN3O5S/c24-19-5-3-17(4-6-19)23(29)26-11-1-2-18(16-26)22(28)25-20-7-9-21(10-8-20)33(30,31)27-12-14-32-15-13-27/h3-10,18H,1-2,11-16H2,(H,25,28). The highest BCUT2D eigenvalue weighted by atomic mass is 32.2. The van der Waals surface area contributed by atoms with Crippen LogP contribution in [0.5, 0.6) is 0 Å². The molecule has 0 saturated carbocycles. The number of nitrogens with zero attached hydrogens (tertiary/aromatic N) is 2. The van der Waals surface area contributed by atoms with Crippen molar-refractivity contribution in [3.05, 3.63) is 59.9 Å². The number of amides is 2. The fraction of sp³-hybridized carbons (Fsp3) is 0.391. The minimum Gasteiger partial charge on any atom is -0.379 e. The van der Waals surface area contributed by atoms with E-state index in [0.29, 0.717) is 56.9 Å². The van der Waals surface area contributed by atoms with Crippen LogP contribution in [0.1, 0.15) is 23.2 Å². The summed E-state index contributed by atoms with van der Waals surface area (Å²) in [7, 11) is -3.60. The molecule has 4 rings (SSSR count). The van der Waals surface area contributed by atoms with E-state index < -0.39 is 15.8 Å². The quantitative estimate of drug-likeness (QED) is 0.716. The lowest BCUT2D eigenvalue weighted by molar-refractivity contribution is -0.121. The Hall–Kier alpha value is -2.82. The molecule has 0 bridgehead atoms. The highest BCUT2D eigenvalue weighted by Gasteiger charge is 2.30. The van der Waals surface area contributed by atoms with Gasteiger partial charge >= 0.3 is 0 Å². The summed E-state index contributed by atoms with van der Waals surface area (Å²) in [6, 6.07) is 11.4. The minimum atomic E-state index is -3.60. The lowest BCUT2D eigenvalue weighted by Crippen LogP contribution is -2.43. The normalized spacial score (nSPS) is 19.8. The maximum atomic E-state index is 13.1. The van der Waals surface area contributed by atoms with Crippen molar-refractivity contribution >= 4 is 27.5 Å². The van der Waals surface area contributed by atoms with Crippen molar-refractivity contribution in [1.82, 2.24) is 9.21 Å². The van der Waals surface area contributed by atoms with Crippen LogP contribution < -0.4 is 5.32 Å². The van der Waals surface area contributed by atoms with Crippen LogP contribution in [0.2, 0.25) is 0 Å². The number of benzene rings is 2. The maximum Gasteiger partial charge on any atom is 0.253 e. The van der Waals surface area contributed by atoms with Crippen LogP contribution >= 0.6 is 0 Å². The smallest absolute Gasteiger partial charge is 0.253 e. The Balaban J connectivity index is 1.37. The van der Waals surface area contributed by atoms with Crippen molar-refractivity contribution in [2.75, 3.05) is 44.7 Å². The summed E-state index contributed by atoms with van der Waals surface area (Å²) >= 11 is 0. The highest BCUT2D eigenvalue weighted by Crippen LogP contribution is 2.23. The number of carbonyl (C=O) groups excluding carboxylic acids is 2. The van der Waals surface area contributed by atoms with Crippen molar-refractivity contribution in [2.24, 2.45) is 5.92 Å². The third-order valence-electron chi connectivity index (χ3n) is 5.90. The van der Waals surface area contributed by atoms with Gasteiger partial charge < -0.3 is 15.0 Å². The number of rotatable bonds is 5. The predicted octanol–water partition coefficient (Wildman–Crippen LogP) is 2.34. The molecule has 2 amide bonds. The van der Waals surface area contributed by atoms with E-state index in [0.717, 1.165) is 0 Å². The molecule has 0 aromatic heterocycles. The summed E-state index contributed by atoms with van der Waals surface area (Å²) in [5.74, 6) is -1.26. The van der Waals surface area contributed by atoms with Crippen LogP contribution in [-0.4, -0.2) is 68.8 Å². The SMILES string of the molecule is O=C(Nc1ccc(S(=O)(=O)N2CCOCC2)cc1)C1CCCN(C(=O)c2ccc(F)cc2)C1. The molecule has 10 heteroatoms. The average Bonchev–Trinajstić information content (AvgIpc) is 2.85. The van der Waals surface area contributed by atoms with Crippen LogP contribution in [-0.2, 0) is 19.6 Å². The summed E-state index contributed by atoms with van der Waals surface area (Å²) in [6.45, 7) is 2.18. The van der Waals surface area contributed by atoms with E-state index in [1.165, 1.54) is 40.7 Å². The van der Waals surface area contributed by atoms with Gasteiger partial charge in [0.15, 0.2) is 0 Å². The lowest BCUT2D eigenvalue weighted by Gasteiger charge is -2.32. The van der Waals surface area contributed by atoms with Crippen molar-refractivity contribution in [1.29, 1.82) is 0 Å². The van der Waals surface area contributed by atoms with Gasteiger partial charge in [-0.15, -0.1) is 0 Å². The predicted molar refractivity (Wildman–Crippen MR) is 120 cm³/mol. The molecule has 2 aliphatic rings. The van der Waals surface area contributed by atoms with Crippen LogP contribution in [0, 0.1) is 11.7 Å². The van der Waals surface area contributed by atoms with E-state index in [1.54, 1.807) is 17.0 Å². The van der Waals surface area contributed by atoms with Crippen LogP contribution in [0.15, 0.2) is 53.4 Å². The second-order valence-corrected chi connectivity index (χ2v) is 10.1. The van der Waals surface area contributed by atoms with Crippen molar-refractivity contribution < 1.29 is 27.1 Å². The molecule has 1 N–H and O–H groups in total. The summed E-state index contributed by atoms with van der Waals surface area (Å²) in [5, 5.41) is 2.82. The number of sulfonamides is 1. The first-order valence-electron chi connectivity index (χ1n) is 10.9. The number of halogens is 1. The van der Waals surface area contributed by atoms with Crippen LogP contribution in [0.3, 0.4) is 0 Å². The number of anilines is 1. The average molecular weight is 476 g/mol. The zero-order chi connectivity index (χ0) is 23.4. The molecular weight excluding hydrogens is 449 g/mol. The molecule has 2 aliphatic heterocycles. The molecule has 2 aromatic rings.